The number of amides is 1. The minimum atomic E-state index is -0.750. The summed E-state index contributed by atoms with van der Waals surface area (Å²) in [6.07, 6.45) is 0.250. The number of hydrogen-bond donors (Lipinski definition) is 1. The van der Waals surface area contributed by atoms with Gasteiger partial charge in [-0.1, -0.05) is 0 Å². The topological polar surface area (TPSA) is 77.2 Å². The zero-order chi connectivity index (χ0) is 5.41. The van der Waals surface area contributed by atoms with Crippen LogP contribution in [0.5, 0.6) is 0 Å². The molecule has 0 bridgehead atoms. The van der Waals surface area contributed by atoms with Crippen LogP contribution >= 0.6 is 12.4 Å². The normalized spacial score (nSPS) is 3.43. The largest absolute Gasteiger partial charge is 0.372 e. The molecule has 0 aromatic carbocycles. The van der Waals surface area contributed by atoms with Gasteiger partial charge in [-0.15, -0.1) is 12.4 Å². The van der Waals surface area contributed by atoms with Gasteiger partial charge in [-0.25, -0.2) is 0 Å². The maximum atomic E-state index is 8.58. The molecule has 0 rings (SSSR count). The molecule has 0 aromatic heterocycles. The fourth-order valence-electron chi connectivity index (χ4n) is 0. The van der Waals surface area contributed by atoms with E-state index in [-0.39, 0.29) is 18.8 Å². The van der Waals surface area contributed by atoms with Crippen LogP contribution in [0.4, 0.5) is 0 Å². The molecule has 2 N–H and O–H groups in total. The lowest BCUT2D eigenvalue weighted by Crippen LogP contribution is -1.82. The molecule has 44 valence electrons. The Bertz CT molecular complexity index is 60.0. The number of primary amides is 1. The predicted molar refractivity (Wildman–Crippen MR) is 26.4 cm³/mol. The third kappa shape index (κ3) is 405. The molecule has 0 fully saturated rings. The van der Waals surface area contributed by atoms with Crippen molar-refractivity contribution in [2.24, 2.45) is 5.73 Å². The van der Waals surface area contributed by atoms with Crippen molar-refractivity contribution in [3.63, 3.8) is 0 Å². The van der Waals surface area contributed by atoms with Crippen LogP contribution < -0.4 is 5.73 Å². The Kier molecular flexibility index (Phi) is 107. The quantitative estimate of drug-likeness (QED) is 0.438. The molecule has 0 atom stereocenters. The summed E-state index contributed by atoms with van der Waals surface area (Å²) in [5, 5.41) is 0. The molecule has 7 heavy (non-hydrogen) atoms. The molecule has 0 aromatic rings. The van der Waals surface area contributed by atoms with Gasteiger partial charge < -0.3 is 5.73 Å². The second-order valence-corrected chi connectivity index (χ2v) is 0.340. The minimum Gasteiger partial charge on any atom is -0.372 e. The minimum absolute atomic E-state index is 0. The molecule has 0 saturated carbocycles. The summed E-state index contributed by atoms with van der Waals surface area (Å²) < 4.78 is 16.6. The fourth-order valence-corrected chi connectivity index (χ4v) is 0. The average Bonchev–Trinajstić information content (AvgIpc) is 1.39. The van der Waals surface area contributed by atoms with Crippen molar-refractivity contribution in [2.45, 2.75) is 0 Å². The van der Waals surface area contributed by atoms with E-state index < -0.39 is 11.6 Å². The van der Waals surface area contributed by atoms with E-state index >= 15 is 0 Å². The highest BCUT2D eigenvalue weighted by Gasteiger charge is 1.19. The first-order valence-electron chi connectivity index (χ1n) is 0.902. The molecule has 0 saturated heterocycles. The highest BCUT2D eigenvalue weighted by Crippen LogP contribution is 0.846. The molecule has 0 radical (unpaired) electrons. The van der Waals surface area contributed by atoms with Gasteiger partial charge in [-0.05, 0) is 0 Å². The summed E-state index contributed by atoms with van der Waals surface area (Å²) in [7, 11) is 0. The number of rotatable bonds is 0. The summed E-state index contributed by atoms with van der Waals surface area (Å²) >= 11 is -0.750. The van der Waals surface area contributed by atoms with Gasteiger partial charge >= 0.3 is 11.6 Å². The zero-order valence-electron chi connectivity index (χ0n) is 3.20. The molecular weight excluding hydrogens is 142 g/mol. The summed E-state index contributed by atoms with van der Waals surface area (Å²) in [5.74, 6) is 0. The van der Waals surface area contributed by atoms with E-state index in [2.05, 4.69) is 5.73 Å². The lowest BCUT2D eigenvalue weighted by atomic mass is 11.5. The first-order chi connectivity index (χ1) is 2.83. The van der Waals surface area contributed by atoms with Crippen molar-refractivity contribution in [3.05, 3.63) is 0 Å². The number of halogens is 1. The molecule has 1 amide bonds. The van der Waals surface area contributed by atoms with Crippen LogP contribution in [-0.4, -0.2) is 14.8 Å². The zero-order valence-corrected chi connectivity index (χ0v) is 4.83. The smallest absolute Gasteiger partial charge is 0.335 e. The van der Waals surface area contributed by atoms with Gasteiger partial charge in [-0.3, -0.25) is 4.79 Å². The molecule has 0 heterocycles. The van der Waals surface area contributed by atoms with Crippen molar-refractivity contribution < 1.29 is 13.2 Å². The number of hydrogen-bond acceptors (Lipinski definition) is 3. The number of nitrogens with two attached hydrogens (primary N) is 1. The number of carbonyl (C=O) groups excluding carboxylic acids is 1. The standard InChI is InChI=1S/CH3NO.ClH.O2S/c2-1-3;;1-3-2/h1H,(H2,2,3);1H;. The van der Waals surface area contributed by atoms with E-state index in [0.717, 1.165) is 0 Å². The number of carbonyl (C=O) groups is 1. The van der Waals surface area contributed by atoms with Crippen LogP contribution in [-0.2, 0) is 16.4 Å². The molecule has 0 unspecified atom stereocenters. The molecule has 0 aliphatic rings. The van der Waals surface area contributed by atoms with Crippen LogP contribution in [0, 0.1) is 0 Å². The first-order valence-corrected chi connectivity index (χ1v) is 1.57. The van der Waals surface area contributed by atoms with Gasteiger partial charge in [0.15, 0.2) is 0 Å². The highest BCUT2D eigenvalue weighted by atomic mass is 35.5. The van der Waals surface area contributed by atoms with Crippen LogP contribution in [0.2, 0.25) is 0 Å². The van der Waals surface area contributed by atoms with Gasteiger partial charge in [0.05, 0.1) is 0 Å². The molecule has 0 spiro atoms. The second kappa shape index (κ2) is 46.9. The second-order valence-electron chi connectivity index (χ2n) is 0.204. The van der Waals surface area contributed by atoms with Crippen molar-refractivity contribution in [1.29, 1.82) is 0 Å². The van der Waals surface area contributed by atoms with Crippen LogP contribution in [0.3, 0.4) is 0 Å². The maximum absolute atomic E-state index is 8.58. The van der Waals surface area contributed by atoms with Crippen LogP contribution in [0.25, 0.3) is 0 Å². The van der Waals surface area contributed by atoms with Gasteiger partial charge in [-0.2, -0.15) is 8.42 Å². The Morgan fingerprint density at radius 3 is 1.43 bits per heavy atom. The predicted octanol–water partition coefficient (Wildman–Crippen LogP) is -1.15. The monoisotopic (exact) mass is 145 g/mol. The Morgan fingerprint density at radius 1 is 1.43 bits per heavy atom. The first kappa shape index (κ1) is 16.0. The lowest BCUT2D eigenvalue weighted by molar-refractivity contribution is -0.106. The Labute approximate surface area is 50.1 Å². The maximum Gasteiger partial charge on any atom is 0.335 e. The summed E-state index contributed by atoms with van der Waals surface area (Å²) in [4.78, 5) is 8.58. The molecule has 6 heteroatoms. The van der Waals surface area contributed by atoms with Crippen molar-refractivity contribution in [3.8, 4) is 0 Å². The van der Waals surface area contributed by atoms with Gasteiger partial charge in [0.2, 0.25) is 6.41 Å². The Hall–Kier alpha value is -0.420. The van der Waals surface area contributed by atoms with Crippen LogP contribution in [0.1, 0.15) is 0 Å². The van der Waals surface area contributed by atoms with E-state index in [9.17, 15) is 0 Å². The summed E-state index contributed by atoms with van der Waals surface area (Å²) in [5.41, 5.74) is 4.17. The summed E-state index contributed by atoms with van der Waals surface area (Å²) in [6, 6.07) is 0. The average molecular weight is 146 g/mol. The molecule has 4 nitrogen and oxygen atoms in total. The molecular formula is CH4ClNO3S. The SMILES string of the molecule is Cl.NC=O.O=S=O. The van der Waals surface area contributed by atoms with Crippen molar-refractivity contribution >= 4 is 30.4 Å². The van der Waals surface area contributed by atoms with Gasteiger partial charge in [0.1, 0.15) is 0 Å². The van der Waals surface area contributed by atoms with Crippen LogP contribution in [0.15, 0.2) is 0 Å². The Morgan fingerprint density at radius 2 is 1.43 bits per heavy atom. The fraction of sp³-hybridized carbons (Fsp3) is 0. The molecule has 0 aliphatic carbocycles. The lowest BCUT2D eigenvalue weighted by Gasteiger charge is -1.32. The van der Waals surface area contributed by atoms with Gasteiger partial charge in [0.25, 0.3) is 0 Å². The Balaban J connectivity index is -0.0000000400. The highest BCUT2D eigenvalue weighted by molar-refractivity contribution is 7.51. The van der Waals surface area contributed by atoms with E-state index in [1.165, 1.54) is 0 Å². The van der Waals surface area contributed by atoms with Crippen molar-refractivity contribution in [1.82, 2.24) is 0 Å². The third-order valence-corrected chi connectivity index (χ3v) is 0. The van der Waals surface area contributed by atoms with Crippen molar-refractivity contribution in [2.75, 3.05) is 0 Å². The molecule has 0 aliphatic heterocycles. The third-order valence-electron chi connectivity index (χ3n) is 0. The van der Waals surface area contributed by atoms with E-state index in [1.54, 1.807) is 0 Å². The van der Waals surface area contributed by atoms with Gasteiger partial charge in [0, 0.05) is 0 Å². The van der Waals surface area contributed by atoms with E-state index in [1.807, 2.05) is 0 Å². The van der Waals surface area contributed by atoms with E-state index in [0.29, 0.717) is 0 Å². The van der Waals surface area contributed by atoms with E-state index in [4.69, 9.17) is 13.2 Å². The summed E-state index contributed by atoms with van der Waals surface area (Å²) in [6.45, 7) is 0.